The molecule has 0 saturated carbocycles. The first-order valence-corrected chi connectivity index (χ1v) is 8.97. The second-order valence-electron chi connectivity index (χ2n) is 6.08. The molecule has 0 amide bonds. The van der Waals surface area contributed by atoms with Gasteiger partial charge in [-0.2, -0.15) is 0 Å². The van der Waals surface area contributed by atoms with E-state index >= 15 is 0 Å². The smallest absolute Gasteiger partial charge is 0.268 e. The lowest BCUT2D eigenvalue weighted by Crippen LogP contribution is -2.31. The fraction of sp³-hybridized carbons (Fsp3) is 0. The maximum absolute atomic E-state index is 12.9. The molecule has 0 aliphatic heterocycles. The fourth-order valence-corrected chi connectivity index (χ4v) is 4.12. The van der Waals surface area contributed by atoms with E-state index in [4.69, 9.17) is 0 Å². The highest BCUT2D eigenvalue weighted by atomic mass is 32.1. The number of hydrogen-bond acceptors (Lipinski definition) is 4. The van der Waals surface area contributed by atoms with E-state index in [-0.39, 0.29) is 11.1 Å². The van der Waals surface area contributed by atoms with Gasteiger partial charge in [-0.15, -0.1) is 0 Å². The van der Waals surface area contributed by atoms with Gasteiger partial charge in [0.05, 0.1) is 15.4 Å². The van der Waals surface area contributed by atoms with Gasteiger partial charge in [0, 0.05) is 0 Å². The van der Waals surface area contributed by atoms with Crippen LogP contribution in [-0.2, 0) is 0 Å². The van der Waals surface area contributed by atoms with Gasteiger partial charge in [-0.3, -0.25) is 9.59 Å². The highest BCUT2D eigenvalue weighted by Crippen LogP contribution is 2.20. The molecule has 5 heteroatoms. The first-order valence-electron chi connectivity index (χ1n) is 8.15. The van der Waals surface area contributed by atoms with E-state index < -0.39 is 0 Å². The molecule has 0 spiro atoms. The molecule has 0 radical (unpaired) electrons. The number of benzene rings is 3. The van der Waals surface area contributed by atoms with Gasteiger partial charge in [0.2, 0.25) is 4.96 Å². The second-order valence-corrected chi connectivity index (χ2v) is 7.09. The second kappa shape index (κ2) is 5.61. The van der Waals surface area contributed by atoms with Crippen molar-refractivity contribution in [2.75, 3.05) is 0 Å². The van der Waals surface area contributed by atoms with Crippen molar-refractivity contribution >= 4 is 44.0 Å². The third-order valence-corrected chi connectivity index (χ3v) is 5.39. The summed E-state index contributed by atoms with van der Waals surface area (Å²) in [4.78, 5) is 30.7. The topological polar surface area (TPSA) is 51.4 Å². The lowest BCUT2D eigenvalue weighted by atomic mass is 10.1. The van der Waals surface area contributed by atoms with Crippen LogP contribution in [0.25, 0.3) is 32.7 Å². The first kappa shape index (κ1) is 15.0. The van der Waals surface area contributed by atoms with Gasteiger partial charge >= 0.3 is 0 Å². The monoisotopic (exact) mass is 356 g/mol. The lowest BCUT2D eigenvalue weighted by molar-refractivity contribution is 1.05. The summed E-state index contributed by atoms with van der Waals surface area (Å²) in [5, 5.41) is 2.44. The number of aromatic nitrogens is 2. The molecular weight excluding hydrogens is 344 g/mol. The van der Waals surface area contributed by atoms with Crippen LogP contribution in [0.15, 0.2) is 76.3 Å². The third kappa shape index (κ3) is 2.25. The number of hydrogen-bond donors (Lipinski definition) is 0. The minimum absolute atomic E-state index is 0.315. The van der Waals surface area contributed by atoms with E-state index in [2.05, 4.69) is 4.98 Å². The minimum atomic E-state index is -0.318. The molecular formula is C21H12N2O2S. The number of nitrogens with zero attached hydrogens (tertiary/aromatic N) is 2. The van der Waals surface area contributed by atoms with Crippen LogP contribution in [0.4, 0.5) is 0 Å². The van der Waals surface area contributed by atoms with Crippen LogP contribution >= 0.6 is 11.3 Å². The Morgan fingerprint density at radius 3 is 2.31 bits per heavy atom. The Kier molecular flexibility index (Phi) is 3.23. The van der Waals surface area contributed by atoms with E-state index in [1.807, 2.05) is 66.7 Å². The maximum Gasteiger partial charge on any atom is 0.277 e. The van der Waals surface area contributed by atoms with Gasteiger partial charge in [-0.25, -0.2) is 9.38 Å². The Morgan fingerprint density at radius 1 is 0.846 bits per heavy atom. The maximum atomic E-state index is 12.9. The summed E-state index contributed by atoms with van der Waals surface area (Å²) in [5.41, 5.74) is 0.895. The normalized spacial score (nSPS) is 12.4. The van der Waals surface area contributed by atoms with Crippen molar-refractivity contribution in [3.8, 4) is 0 Å². The number of rotatable bonds is 1. The minimum Gasteiger partial charge on any atom is -0.268 e. The van der Waals surface area contributed by atoms with Crippen LogP contribution < -0.4 is 15.7 Å². The molecule has 5 aromatic rings. The Balaban J connectivity index is 1.89. The van der Waals surface area contributed by atoms with E-state index in [0.717, 1.165) is 16.3 Å². The highest BCUT2D eigenvalue weighted by Gasteiger charge is 2.12. The Morgan fingerprint density at radius 2 is 1.54 bits per heavy atom. The van der Waals surface area contributed by atoms with Crippen molar-refractivity contribution in [3.05, 3.63) is 97.5 Å². The zero-order chi connectivity index (χ0) is 17.7. The number of thiazole rings is 1. The van der Waals surface area contributed by atoms with Crippen LogP contribution in [0.1, 0.15) is 5.56 Å². The average molecular weight is 356 g/mol. The largest absolute Gasteiger partial charge is 0.277 e. The molecule has 0 aliphatic rings. The van der Waals surface area contributed by atoms with E-state index in [9.17, 15) is 9.59 Å². The van der Waals surface area contributed by atoms with Crippen molar-refractivity contribution in [2.45, 2.75) is 0 Å². The van der Waals surface area contributed by atoms with Gasteiger partial charge in [0.1, 0.15) is 0 Å². The van der Waals surface area contributed by atoms with Crippen LogP contribution in [-0.4, -0.2) is 9.38 Å². The number of fused-ring (bicyclic) bond motifs is 3. The summed E-state index contributed by atoms with van der Waals surface area (Å²) in [7, 11) is 0. The van der Waals surface area contributed by atoms with Crippen molar-refractivity contribution in [2.24, 2.45) is 0 Å². The van der Waals surface area contributed by atoms with E-state index in [1.165, 1.54) is 15.7 Å². The molecule has 0 atom stereocenters. The summed E-state index contributed by atoms with van der Waals surface area (Å²) in [6.07, 6.45) is 1.79. The molecule has 26 heavy (non-hydrogen) atoms. The Bertz CT molecular complexity index is 1470. The SMILES string of the molecule is O=c1/c(=C/c2ccccc2)sc2nc3cc4ccccc4cc3c(=O)n12. The predicted molar refractivity (Wildman–Crippen MR) is 106 cm³/mol. The van der Waals surface area contributed by atoms with Crippen molar-refractivity contribution in [1.29, 1.82) is 0 Å². The van der Waals surface area contributed by atoms with Gasteiger partial charge < -0.3 is 0 Å². The molecule has 2 heterocycles. The van der Waals surface area contributed by atoms with Gasteiger partial charge in [0.15, 0.2) is 0 Å². The third-order valence-electron chi connectivity index (χ3n) is 4.42. The summed E-state index contributed by atoms with van der Waals surface area (Å²) >= 11 is 1.24. The van der Waals surface area contributed by atoms with Gasteiger partial charge in [0.25, 0.3) is 11.1 Å². The fourth-order valence-electron chi connectivity index (χ4n) is 3.14. The van der Waals surface area contributed by atoms with E-state index in [0.29, 0.717) is 20.4 Å². The van der Waals surface area contributed by atoms with Crippen LogP contribution in [0.3, 0.4) is 0 Å². The molecule has 124 valence electrons. The summed E-state index contributed by atoms with van der Waals surface area (Å²) in [5.74, 6) is 0. The predicted octanol–water partition coefficient (Wildman–Crippen LogP) is 2.97. The van der Waals surface area contributed by atoms with Crippen molar-refractivity contribution in [1.82, 2.24) is 9.38 Å². The van der Waals surface area contributed by atoms with Gasteiger partial charge in [-0.05, 0) is 34.5 Å². The Labute approximate surface area is 151 Å². The zero-order valence-corrected chi connectivity index (χ0v) is 14.4. The Hall–Kier alpha value is -3.31. The molecule has 5 rings (SSSR count). The van der Waals surface area contributed by atoms with Crippen LogP contribution in [0.2, 0.25) is 0 Å². The summed E-state index contributed by atoms with van der Waals surface area (Å²) < 4.78 is 1.68. The molecule has 0 unspecified atom stereocenters. The lowest BCUT2D eigenvalue weighted by Gasteiger charge is -2.01. The molecule has 0 fully saturated rings. The molecule has 0 bridgehead atoms. The van der Waals surface area contributed by atoms with Crippen molar-refractivity contribution < 1.29 is 0 Å². The van der Waals surface area contributed by atoms with E-state index in [1.54, 1.807) is 6.08 Å². The standard InChI is InChI=1S/C21H12N2O2S/c24-19-16-11-14-8-4-5-9-15(14)12-17(16)22-21-23(19)20(25)18(26-21)10-13-6-2-1-3-7-13/h1-12H/b18-10-. The quantitative estimate of drug-likeness (QED) is 0.434. The zero-order valence-electron chi connectivity index (χ0n) is 13.5. The molecule has 0 N–H and O–H groups in total. The van der Waals surface area contributed by atoms with Gasteiger partial charge in [-0.1, -0.05) is 65.9 Å². The molecule has 3 aromatic carbocycles. The summed E-state index contributed by atoms with van der Waals surface area (Å²) in [6, 6.07) is 21.1. The molecule has 0 saturated heterocycles. The first-order chi connectivity index (χ1) is 12.7. The molecule has 2 aromatic heterocycles. The van der Waals surface area contributed by atoms with Crippen molar-refractivity contribution in [3.63, 3.8) is 0 Å². The van der Waals surface area contributed by atoms with Crippen LogP contribution in [0.5, 0.6) is 0 Å². The average Bonchev–Trinajstić information content (AvgIpc) is 2.97. The molecule has 0 aliphatic carbocycles. The summed E-state index contributed by atoms with van der Waals surface area (Å²) in [6.45, 7) is 0. The van der Waals surface area contributed by atoms with Crippen LogP contribution in [0, 0.1) is 0 Å². The molecule has 4 nitrogen and oxygen atoms in total. The highest BCUT2D eigenvalue weighted by molar-refractivity contribution is 7.15.